The zero-order chi connectivity index (χ0) is 23.8. The van der Waals surface area contributed by atoms with Crippen LogP contribution in [0.5, 0.6) is 11.5 Å². The highest BCUT2D eigenvalue weighted by Crippen LogP contribution is 2.26. The summed E-state index contributed by atoms with van der Waals surface area (Å²) in [7, 11) is 3.30. The molecule has 0 bridgehead atoms. The van der Waals surface area contributed by atoms with Crippen molar-refractivity contribution in [2.75, 3.05) is 27.4 Å². The van der Waals surface area contributed by atoms with Gasteiger partial charge in [-0.2, -0.15) is 0 Å². The maximum Gasteiger partial charge on any atom is 0.273 e. The normalized spacial score (nSPS) is 15.4. The molecule has 0 spiro atoms. The third-order valence-electron chi connectivity index (χ3n) is 5.79. The Labute approximate surface area is 199 Å². The first-order valence-corrected chi connectivity index (χ1v) is 11.5. The summed E-state index contributed by atoms with van der Waals surface area (Å²) in [5.74, 6) is 1.76. The molecule has 0 saturated carbocycles. The molecular formula is C26H31N3O5. The quantitative estimate of drug-likeness (QED) is 0.461. The van der Waals surface area contributed by atoms with Crippen molar-refractivity contribution in [1.29, 1.82) is 0 Å². The number of hydrogen-bond donors (Lipinski definition) is 1. The summed E-state index contributed by atoms with van der Waals surface area (Å²) in [6.45, 7) is 2.91. The van der Waals surface area contributed by atoms with Crippen molar-refractivity contribution in [1.82, 2.24) is 15.2 Å². The summed E-state index contributed by atoms with van der Waals surface area (Å²) >= 11 is 0. The Morgan fingerprint density at radius 2 is 1.97 bits per heavy atom. The molecule has 1 aromatic heterocycles. The highest BCUT2D eigenvalue weighted by atomic mass is 16.5. The third kappa shape index (κ3) is 6.36. The zero-order valence-corrected chi connectivity index (χ0v) is 19.7. The van der Waals surface area contributed by atoms with Gasteiger partial charge in [0.1, 0.15) is 17.8 Å². The van der Waals surface area contributed by atoms with Crippen molar-refractivity contribution < 1.29 is 23.4 Å². The lowest BCUT2D eigenvalue weighted by atomic mass is 10.1. The first kappa shape index (κ1) is 23.8. The number of carbonyl (C=O) groups is 1. The van der Waals surface area contributed by atoms with E-state index in [1.807, 2.05) is 36.4 Å². The summed E-state index contributed by atoms with van der Waals surface area (Å²) in [6, 6.07) is 15.9. The van der Waals surface area contributed by atoms with Gasteiger partial charge in [-0.1, -0.05) is 30.3 Å². The molecule has 8 nitrogen and oxygen atoms in total. The predicted molar refractivity (Wildman–Crippen MR) is 127 cm³/mol. The summed E-state index contributed by atoms with van der Waals surface area (Å²) in [5, 5.41) is 2.88. The van der Waals surface area contributed by atoms with Crippen LogP contribution in [0.2, 0.25) is 0 Å². The highest BCUT2D eigenvalue weighted by Gasteiger charge is 2.20. The standard InChI is InChI=1S/C26H31N3O5/c1-31-21-10-11-24(32-2)20(13-21)16-29(15-19-7-4-3-5-8-19)17-25-28-23(18-34-25)26(30)27-14-22-9-6-12-33-22/h3-5,7-8,10-11,13,18,22H,6,9,12,14-17H2,1-2H3,(H,27,30)/t22-/m0/s1. The summed E-state index contributed by atoms with van der Waals surface area (Å²) in [5.41, 5.74) is 2.41. The van der Waals surface area contributed by atoms with Crippen molar-refractivity contribution in [3.63, 3.8) is 0 Å². The Kier molecular flexibility index (Phi) is 8.17. The predicted octanol–water partition coefficient (Wildman–Crippen LogP) is 3.80. The van der Waals surface area contributed by atoms with E-state index in [-0.39, 0.29) is 17.7 Å². The van der Waals surface area contributed by atoms with E-state index < -0.39 is 0 Å². The monoisotopic (exact) mass is 465 g/mol. The number of carbonyl (C=O) groups excluding carboxylic acids is 1. The Morgan fingerprint density at radius 3 is 2.71 bits per heavy atom. The van der Waals surface area contributed by atoms with Crippen LogP contribution in [0.25, 0.3) is 0 Å². The Morgan fingerprint density at radius 1 is 1.12 bits per heavy atom. The van der Waals surface area contributed by atoms with Crippen LogP contribution in [0.15, 0.2) is 59.2 Å². The number of ether oxygens (including phenoxy) is 3. The van der Waals surface area contributed by atoms with Gasteiger partial charge < -0.3 is 23.9 Å². The second kappa shape index (κ2) is 11.7. The second-order valence-electron chi connectivity index (χ2n) is 8.28. The molecule has 2 heterocycles. The average Bonchev–Trinajstić information content (AvgIpc) is 3.55. The second-order valence-corrected chi connectivity index (χ2v) is 8.28. The van der Waals surface area contributed by atoms with Gasteiger partial charge >= 0.3 is 0 Å². The Balaban J connectivity index is 1.47. The molecule has 1 aliphatic heterocycles. The molecule has 1 fully saturated rings. The number of nitrogens with one attached hydrogen (secondary N) is 1. The van der Waals surface area contributed by atoms with E-state index in [1.165, 1.54) is 6.26 Å². The summed E-state index contributed by atoms with van der Waals surface area (Å²) < 4.78 is 22.2. The van der Waals surface area contributed by atoms with Crippen LogP contribution in [0.3, 0.4) is 0 Å². The maximum absolute atomic E-state index is 12.5. The van der Waals surface area contributed by atoms with E-state index in [0.29, 0.717) is 32.1 Å². The first-order chi connectivity index (χ1) is 16.6. The molecule has 0 radical (unpaired) electrons. The van der Waals surface area contributed by atoms with Crippen LogP contribution in [0.1, 0.15) is 40.3 Å². The van der Waals surface area contributed by atoms with Gasteiger partial charge in [0.25, 0.3) is 5.91 Å². The van der Waals surface area contributed by atoms with E-state index >= 15 is 0 Å². The minimum absolute atomic E-state index is 0.0783. The van der Waals surface area contributed by atoms with Gasteiger partial charge in [0, 0.05) is 31.8 Å². The summed E-state index contributed by atoms with van der Waals surface area (Å²) in [4.78, 5) is 19.1. The van der Waals surface area contributed by atoms with Gasteiger partial charge in [-0.25, -0.2) is 4.98 Å². The fraction of sp³-hybridized carbons (Fsp3) is 0.385. The SMILES string of the molecule is COc1ccc(OC)c(CN(Cc2ccccc2)Cc2nc(C(=O)NC[C@@H]3CCCO3)co2)c1. The fourth-order valence-electron chi connectivity index (χ4n) is 4.04. The van der Waals surface area contributed by atoms with E-state index in [2.05, 4.69) is 27.3 Å². The molecule has 1 aliphatic rings. The van der Waals surface area contributed by atoms with Crippen LogP contribution in [0, 0.1) is 0 Å². The molecule has 4 rings (SSSR count). The van der Waals surface area contributed by atoms with Crippen LogP contribution >= 0.6 is 0 Å². The van der Waals surface area contributed by atoms with Gasteiger partial charge in [-0.05, 0) is 36.6 Å². The van der Waals surface area contributed by atoms with Crippen LogP contribution in [-0.2, 0) is 24.4 Å². The highest BCUT2D eigenvalue weighted by molar-refractivity contribution is 5.91. The minimum Gasteiger partial charge on any atom is -0.497 e. The molecule has 34 heavy (non-hydrogen) atoms. The lowest BCUT2D eigenvalue weighted by Gasteiger charge is -2.22. The molecule has 3 aromatic rings. The zero-order valence-electron chi connectivity index (χ0n) is 19.7. The largest absolute Gasteiger partial charge is 0.497 e. The number of rotatable bonds is 11. The topological polar surface area (TPSA) is 86.1 Å². The van der Waals surface area contributed by atoms with Crippen molar-refractivity contribution in [3.8, 4) is 11.5 Å². The molecule has 1 atom stereocenters. The lowest BCUT2D eigenvalue weighted by molar-refractivity contribution is 0.0853. The van der Waals surface area contributed by atoms with Gasteiger partial charge in [0.05, 0.1) is 26.9 Å². The minimum atomic E-state index is -0.255. The van der Waals surface area contributed by atoms with E-state index in [4.69, 9.17) is 18.6 Å². The van der Waals surface area contributed by atoms with E-state index in [0.717, 1.165) is 42.1 Å². The number of nitrogens with zero attached hydrogens (tertiary/aromatic N) is 2. The summed E-state index contributed by atoms with van der Waals surface area (Å²) in [6.07, 6.45) is 3.48. The smallest absolute Gasteiger partial charge is 0.273 e. The van der Waals surface area contributed by atoms with Crippen LogP contribution < -0.4 is 14.8 Å². The average molecular weight is 466 g/mol. The molecule has 0 aliphatic carbocycles. The molecule has 1 amide bonds. The van der Waals surface area contributed by atoms with Crippen molar-refractivity contribution >= 4 is 5.91 Å². The molecular weight excluding hydrogens is 434 g/mol. The number of aromatic nitrogens is 1. The molecule has 180 valence electrons. The number of benzene rings is 2. The van der Waals surface area contributed by atoms with Gasteiger partial charge in [-0.3, -0.25) is 9.69 Å². The van der Waals surface area contributed by atoms with Crippen molar-refractivity contribution in [2.24, 2.45) is 0 Å². The molecule has 1 saturated heterocycles. The van der Waals surface area contributed by atoms with Gasteiger partial charge in [-0.15, -0.1) is 0 Å². The number of amides is 1. The van der Waals surface area contributed by atoms with Gasteiger partial charge in [0.15, 0.2) is 5.69 Å². The molecule has 1 N–H and O–H groups in total. The van der Waals surface area contributed by atoms with Crippen molar-refractivity contribution in [3.05, 3.63) is 77.5 Å². The fourth-order valence-corrected chi connectivity index (χ4v) is 4.04. The lowest BCUT2D eigenvalue weighted by Crippen LogP contribution is -2.32. The number of methoxy groups -OCH3 is 2. The number of oxazole rings is 1. The Hall–Kier alpha value is -3.36. The van der Waals surface area contributed by atoms with E-state index in [1.54, 1.807) is 14.2 Å². The first-order valence-electron chi connectivity index (χ1n) is 11.5. The van der Waals surface area contributed by atoms with Crippen LogP contribution in [0.4, 0.5) is 0 Å². The van der Waals surface area contributed by atoms with E-state index in [9.17, 15) is 4.79 Å². The third-order valence-corrected chi connectivity index (χ3v) is 5.79. The maximum atomic E-state index is 12.5. The Bertz CT molecular complexity index is 1060. The molecule has 0 unspecified atom stereocenters. The van der Waals surface area contributed by atoms with Crippen LogP contribution in [-0.4, -0.2) is 49.3 Å². The molecule has 2 aromatic carbocycles. The van der Waals surface area contributed by atoms with Gasteiger partial charge in [0.2, 0.25) is 5.89 Å². The number of hydrogen-bond acceptors (Lipinski definition) is 7. The van der Waals surface area contributed by atoms with Crippen molar-refractivity contribution in [2.45, 2.75) is 38.6 Å². The molecule has 8 heteroatoms.